The summed E-state index contributed by atoms with van der Waals surface area (Å²) in [7, 11) is 0. The van der Waals surface area contributed by atoms with Crippen molar-refractivity contribution in [2.45, 2.75) is 66.7 Å². The first kappa shape index (κ1) is 13.0. The first-order valence-corrected chi connectivity index (χ1v) is 8.46. The van der Waals surface area contributed by atoms with Crippen molar-refractivity contribution in [1.29, 1.82) is 0 Å². The maximum atomic E-state index is 2.55. The summed E-state index contributed by atoms with van der Waals surface area (Å²) in [5.74, 6) is 6.97. The molecule has 3 aliphatic carbocycles. The molecule has 6 unspecified atom stereocenters. The second kappa shape index (κ2) is 4.25. The zero-order valence-electron chi connectivity index (χ0n) is 13.1. The first-order valence-electron chi connectivity index (χ1n) is 8.46. The molecule has 3 rings (SSSR count). The van der Waals surface area contributed by atoms with Crippen molar-refractivity contribution in [2.75, 3.05) is 0 Å². The van der Waals surface area contributed by atoms with Gasteiger partial charge in [-0.3, -0.25) is 0 Å². The van der Waals surface area contributed by atoms with E-state index in [1.165, 1.54) is 6.42 Å². The third-order valence-corrected chi connectivity index (χ3v) is 7.14. The van der Waals surface area contributed by atoms with Crippen LogP contribution in [0.25, 0.3) is 0 Å². The Hall–Kier alpha value is 0. The summed E-state index contributed by atoms with van der Waals surface area (Å²) in [6, 6.07) is 0. The zero-order valence-corrected chi connectivity index (χ0v) is 13.1. The van der Waals surface area contributed by atoms with Gasteiger partial charge in [0.25, 0.3) is 0 Å². The van der Waals surface area contributed by atoms with E-state index in [2.05, 4.69) is 34.6 Å². The van der Waals surface area contributed by atoms with Crippen LogP contribution in [-0.4, -0.2) is 0 Å². The highest BCUT2D eigenvalue weighted by atomic mass is 14.7. The molecular formula is C18H32. The highest BCUT2D eigenvalue weighted by Gasteiger charge is 2.61. The molecule has 0 N–H and O–H groups in total. The standard InChI is InChI=1S/C18H32/c1-11(2)16-13(4)14(5)17(16)12(3)6-7-15-10-18(15)8-9-18/h11-17H,6-10H2,1-5H3. The minimum atomic E-state index is 0.888. The van der Waals surface area contributed by atoms with Gasteiger partial charge in [-0.05, 0) is 72.5 Å². The van der Waals surface area contributed by atoms with Crippen molar-refractivity contribution in [3.63, 3.8) is 0 Å². The van der Waals surface area contributed by atoms with Gasteiger partial charge in [0, 0.05) is 0 Å². The molecule has 6 atom stereocenters. The van der Waals surface area contributed by atoms with Gasteiger partial charge in [-0.15, -0.1) is 0 Å². The predicted octanol–water partition coefficient (Wildman–Crippen LogP) is 5.38. The van der Waals surface area contributed by atoms with Crippen LogP contribution in [0.3, 0.4) is 0 Å². The molecule has 0 heteroatoms. The molecule has 3 saturated carbocycles. The van der Waals surface area contributed by atoms with E-state index in [9.17, 15) is 0 Å². The molecule has 0 aromatic rings. The number of hydrogen-bond acceptors (Lipinski definition) is 0. The molecule has 0 aromatic heterocycles. The SMILES string of the molecule is CC(C)C1C(C)C(C)C1C(C)CCC1CC12CC2. The van der Waals surface area contributed by atoms with E-state index in [0.29, 0.717) is 0 Å². The van der Waals surface area contributed by atoms with E-state index in [4.69, 9.17) is 0 Å². The summed E-state index contributed by atoms with van der Waals surface area (Å²) in [6.07, 6.45) is 7.78. The molecule has 0 radical (unpaired) electrons. The molecule has 0 bridgehead atoms. The lowest BCUT2D eigenvalue weighted by molar-refractivity contribution is -0.0644. The Morgan fingerprint density at radius 2 is 1.61 bits per heavy atom. The highest BCUT2D eigenvalue weighted by molar-refractivity contribution is 5.12. The number of rotatable bonds is 5. The molecular weight excluding hydrogens is 216 g/mol. The van der Waals surface area contributed by atoms with E-state index >= 15 is 0 Å². The fourth-order valence-electron chi connectivity index (χ4n) is 5.48. The molecule has 18 heavy (non-hydrogen) atoms. The Morgan fingerprint density at radius 3 is 2.11 bits per heavy atom. The van der Waals surface area contributed by atoms with Crippen LogP contribution in [0, 0.1) is 46.8 Å². The van der Waals surface area contributed by atoms with Crippen LogP contribution in [0.5, 0.6) is 0 Å². The minimum absolute atomic E-state index is 0.888. The maximum absolute atomic E-state index is 2.55. The molecule has 0 amide bonds. The van der Waals surface area contributed by atoms with Gasteiger partial charge in [-0.1, -0.05) is 41.0 Å². The van der Waals surface area contributed by atoms with Crippen LogP contribution in [0.2, 0.25) is 0 Å². The van der Waals surface area contributed by atoms with Gasteiger partial charge in [0.2, 0.25) is 0 Å². The quantitative estimate of drug-likeness (QED) is 0.613. The van der Waals surface area contributed by atoms with Crippen LogP contribution >= 0.6 is 0 Å². The van der Waals surface area contributed by atoms with Crippen LogP contribution in [0.4, 0.5) is 0 Å². The van der Waals surface area contributed by atoms with Gasteiger partial charge in [-0.2, -0.15) is 0 Å². The Kier molecular flexibility index (Phi) is 3.07. The summed E-state index contributed by atoms with van der Waals surface area (Å²) in [5.41, 5.74) is 0.926. The van der Waals surface area contributed by atoms with Crippen molar-refractivity contribution in [3.05, 3.63) is 0 Å². The summed E-state index contributed by atoms with van der Waals surface area (Å²) in [4.78, 5) is 0. The van der Waals surface area contributed by atoms with Crippen LogP contribution in [-0.2, 0) is 0 Å². The third kappa shape index (κ3) is 1.95. The predicted molar refractivity (Wildman–Crippen MR) is 78.3 cm³/mol. The Balaban J connectivity index is 1.50. The summed E-state index contributed by atoms with van der Waals surface area (Å²) >= 11 is 0. The van der Waals surface area contributed by atoms with Crippen LogP contribution in [0.15, 0.2) is 0 Å². The third-order valence-electron chi connectivity index (χ3n) is 7.14. The molecule has 0 heterocycles. The van der Waals surface area contributed by atoms with Crippen molar-refractivity contribution < 1.29 is 0 Å². The summed E-state index contributed by atoms with van der Waals surface area (Å²) < 4.78 is 0. The van der Waals surface area contributed by atoms with Gasteiger partial charge >= 0.3 is 0 Å². The van der Waals surface area contributed by atoms with Crippen molar-refractivity contribution in [3.8, 4) is 0 Å². The zero-order chi connectivity index (χ0) is 13.1. The average Bonchev–Trinajstić information content (AvgIpc) is 3.22. The lowest BCUT2D eigenvalue weighted by Crippen LogP contribution is -2.49. The van der Waals surface area contributed by atoms with Gasteiger partial charge in [-0.25, -0.2) is 0 Å². The largest absolute Gasteiger partial charge is 0.0625 e. The van der Waals surface area contributed by atoms with Crippen LogP contribution in [0.1, 0.15) is 66.7 Å². The first-order chi connectivity index (χ1) is 8.46. The van der Waals surface area contributed by atoms with E-state index < -0.39 is 0 Å². The average molecular weight is 248 g/mol. The molecule has 0 aromatic carbocycles. The molecule has 0 aliphatic heterocycles. The van der Waals surface area contributed by atoms with Gasteiger partial charge in [0.05, 0.1) is 0 Å². The lowest BCUT2D eigenvalue weighted by Gasteiger charge is -2.54. The fraction of sp³-hybridized carbons (Fsp3) is 1.00. The second-order valence-electron chi connectivity index (χ2n) is 8.44. The van der Waals surface area contributed by atoms with E-state index in [1.54, 1.807) is 25.7 Å². The second-order valence-corrected chi connectivity index (χ2v) is 8.44. The summed E-state index contributed by atoms with van der Waals surface area (Å²) in [5, 5.41) is 0. The van der Waals surface area contributed by atoms with E-state index in [1.807, 2.05) is 0 Å². The molecule has 0 nitrogen and oxygen atoms in total. The topological polar surface area (TPSA) is 0 Å². The van der Waals surface area contributed by atoms with Gasteiger partial charge in [0.15, 0.2) is 0 Å². The Labute approximate surface area is 114 Å². The lowest BCUT2D eigenvalue weighted by atomic mass is 9.51. The van der Waals surface area contributed by atoms with E-state index in [-0.39, 0.29) is 0 Å². The molecule has 0 saturated heterocycles. The summed E-state index contributed by atoms with van der Waals surface area (Å²) in [6.45, 7) is 12.4. The molecule has 3 fully saturated rings. The van der Waals surface area contributed by atoms with Crippen molar-refractivity contribution in [1.82, 2.24) is 0 Å². The number of hydrogen-bond donors (Lipinski definition) is 0. The van der Waals surface area contributed by atoms with Gasteiger partial charge in [0.1, 0.15) is 0 Å². The molecule has 1 spiro atoms. The Bertz CT molecular complexity index is 312. The monoisotopic (exact) mass is 248 g/mol. The van der Waals surface area contributed by atoms with E-state index in [0.717, 1.165) is 46.8 Å². The van der Waals surface area contributed by atoms with Crippen LogP contribution < -0.4 is 0 Å². The smallest absolute Gasteiger partial charge is 0.0266 e. The normalized spacial score (nSPS) is 46.0. The van der Waals surface area contributed by atoms with Crippen molar-refractivity contribution in [2.24, 2.45) is 46.8 Å². The highest BCUT2D eigenvalue weighted by Crippen LogP contribution is 2.72. The molecule has 3 aliphatic rings. The Morgan fingerprint density at radius 1 is 1.00 bits per heavy atom. The van der Waals surface area contributed by atoms with Crippen molar-refractivity contribution >= 4 is 0 Å². The van der Waals surface area contributed by atoms with Gasteiger partial charge < -0.3 is 0 Å². The molecule has 104 valence electrons. The fourth-order valence-corrected chi connectivity index (χ4v) is 5.48. The maximum Gasteiger partial charge on any atom is -0.0266 e. The minimum Gasteiger partial charge on any atom is -0.0625 e.